The molecule has 0 aliphatic rings. The first kappa shape index (κ1) is 14.1. The maximum absolute atomic E-state index is 12.3. The Hall–Kier alpha value is -2.88. The molecule has 0 spiro atoms. The van der Waals surface area contributed by atoms with E-state index in [2.05, 4.69) is 4.98 Å². The number of rotatable bonds is 3. The lowest BCUT2D eigenvalue weighted by atomic mass is 10.2. The summed E-state index contributed by atoms with van der Waals surface area (Å²) in [7, 11) is 1.56. The molecule has 1 aromatic heterocycles. The van der Waals surface area contributed by atoms with Crippen molar-refractivity contribution in [3.63, 3.8) is 0 Å². The molecule has 4 nitrogen and oxygen atoms in total. The van der Waals surface area contributed by atoms with Crippen LogP contribution in [0.4, 0.5) is 0 Å². The van der Waals surface area contributed by atoms with Crippen LogP contribution >= 0.6 is 0 Å². The quantitative estimate of drug-likeness (QED) is 0.545. The lowest BCUT2D eigenvalue weighted by molar-refractivity contribution is 0.0736. The van der Waals surface area contributed by atoms with Gasteiger partial charge in [0, 0.05) is 11.1 Å². The summed E-state index contributed by atoms with van der Waals surface area (Å²) in [6, 6.07) is 16.3. The summed E-state index contributed by atoms with van der Waals surface area (Å²) in [5.74, 6) is 0.630. The van der Waals surface area contributed by atoms with E-state index < -0.39 is 5.97 Å². The number of fused-ring (bicyclic) bond motifs is 1. The van der Waals surface area contributed by atoms with Crippen LogP contribution in [-0.2, 0) is 0 Å². The smallest absolute Gasteiger partial charge is 0.343 e. The molecule has 2 aromatic carbocycles. The van der Waals surface area contributed by atoms with E-state index in [4.69, 9.17) is 9.47 Å². The Kier molecular flexibility index (Phi) is 3.74. The molecular weight excluding hydrogens is 278 g/mol. The number of aryl methyl sites for hydroxylation is 1. The highest BCUT2D eigenvalue weighted by atomic mass is 16.5. The van der Waals surface area contributed by atoms with E-state index in [1.165, 1.54) is 0 Å². The van der Waals surface area contributed by atoms with Gasteiger partial charge in [0.05, 0.1) is 12.7 Å². The van der Waals surface area contributed by atoms with Gasteiger partial charge < -0.3 is 9.47 Å². The topological polar surface area (TPSA) is 48.4 Å². The van der Waals surface area contributed by atoms with E-state index in [-0.39, 0.29) is 0 Å². The van der Waals surface area contributed by atoms with E-state index in [9.17, 15) is 4.79 Å². The second-order valence-electron chi connectivity index (χ2n) is 4.90. The fourth-order valence-corrected chi connectivity index (χ4v) is 2.21. The first-order chi connectivity index (χ1) is 10.7. The largest absolute Gasteiger partial charge is 0.497 e. The second kappa shape index (κ2) is 5.85. The van der Waals surface area contributed by atoms with Crippen LogP contribution < -0.4 is 9.47 Å². The van der Waals surface area contributed by atoms with Crippen LogP contribution in [0.2, 0.25) is 0 Å². The minimum Gasteiger partial charge on any atom is -0.497 e. The third-order valence-corrected chi connectivity index (χ3v) is 3.33. The fraction of sp³-hybridized carbons (Fsp3) is 0.111. The maximum atomic E-state index is 12.3. The van der Waals surface area contributed by atoms with E-state index in [1.54, 1.807) is 37.4 Å². The average Bonchev–Trinajstić information content (AvgIpc) is 2.55. The SMILES string of the molecule is COc1cccc(C(=O)Oc2cccc3ccc(C)nc23)c1. The first-order valence-corrected chi connectivity index (χ1v) is 6.90. The molecule has 0 fully saturated rings. The Morgan fingerprint density at radius 2 is 1.86 bits per heavy atom. The number of hydrogen-bond acceptors (Lipinski definition) is 4. The molecule has 0 N–H and O–H groups in total. The summed E-state index contributed by atoms with van der Waals surface area (Å²) in [4.78, 5) is 16.8. The van der Waals surface area contributed by atoms with Crippen molar-refractivity contribution in [2.45, 2.75) is 6.92 Å². The molecule has 22 heavy (non-hydrogen) atoms. The number of pyridine rings is 1. The minimum absolute atomic E-state index is 0.434. The number of ether oxygens (including phenoxy) is 2. The number of carbonyl (C=O) groups is 1. The van der Waals surface area contributed by atoms with Crippen molar-refractivity contribution in [1.82, 2.24) is 4.98 Å². The van der Waals surface area contributed by atoms with Crippen molar-refractivity contribution in [3.05, 3.63) is 65.9 Å². The number of para-hydroxylation sites is 1. The molecule has 3 rings (SSSR count). The van der Waals surface area contributed by atoms with Gasteiger partial charge in [-0.15, -0.1) is 0 Å². The molecular formula is C18H15NO3. The molecule has 0 saturated heterocycles. The molecule has 0 radical (unpaired) electrons. The Morgan fingerprint density at radius 3 is 2.68 bits per heavy atom. The van der Waals surface area contributed by atoms with Gasteiger partial charge in [0.15, 0.2) is 5.75 Å². The molecule has 0 saturated carbocycles. The number of carbonyl (C=O) groups excluding carboxylic acids is 1. The molecule has 3 aromatic rings. The first-order valence-electron chi connectivity index (χ1n) is 6.90. The van der Waals surface area contributed by atoms with Crippen molar-refractivity contribution in [3.8, 4) is 11.5 Å². The highest BCUT2D eigenvalue weighted by Crippen LogP contribution is 2.25. The van der Waals surface area contributed by atoms with Gasteiger partial charge in [-0.05, 0) is 37.3 Å². The number of methoxy groups -OCH3 is 1. The molecule has 0 bridgehead atoms. The monoisotopic (exact) mass is 293 g/mol. The van der Waals surface area contributed by atoms with Crippen LogP contribution in [0.15, 0.2) is 54.6 Å². The highest BCUT2D eigenvalue weighted by Gasteiger charge is 2.12. The van der Waals surface area contributed by atoms with Crippen molar-refractivity contribution >= 4 is 16.9 Å². The van der Waals surface area contributed by atoms with Gasteiger partial charge in [-0.3, -0.25) is 0 Å². The Labute approximate surface area is 128 Å². The van der Waals surface area contributed by atoms with Gasteiger partial charge in [-0.1, -0.05) is 24.3 Å². The summed E-state index contributed by atoms with van der Waals surface area (Å²) in [5.41, 5.74) is 1.99. The number of esters is 1. The molecule has 0 atom stereocenters. The van der Waals surface area contributed by atoms with E-state index in [0.29, 0.717) is 22.6 Å². The van der Waals surface area contributed by atoms with Crippen LogP contribution in [0.3, 0.4) is 0 Å². The molecule has 4 heteroatoms. The highest BCUT2D eigenvalue weighted by molar-refractivity contribution is 5.94. The third-order valence-electron chi connectivity index (χ3n) is 3.33. The second-order valence-corrected chi connectivity index (χ2v) is 4.90. The predicted octanol–water partition coefficient (Wildman–Crippen LogP) is 3.77. The number of benzene rings is 2. The number of hydrogen-bond donors (Lipinski definition) is 0. The predicted molar refractivity (Wildman–Crippen MR) is 84.4 cm³/mol. The van der Waals surface area contributed by atoms with E-state index in [1.807, 2.05) is 31.2 Å². The normalized spacial score (nSPS) is 10.5. The van der Waals surface area contributed by atoms with Gasteiger partial charge in [0.25, 0.3) is 0 Å². The number of nitrogens with zero attached hydrogens (tertiary/aromatic N) is 1. The van der Waals surface area contributed by atoms with Gasteiger partial charge in [0.1, 0.15) is 11.3 Å². The zero-order valence-electron chi connectivity index (χ0n) is 12.4. The summed E-state index contributed by atoms with van der Waals surface area (Å²) in [6.45, 7) is 1.90. The summed E-state index contributed by atoms with van der Waals surface area (Å²) in [6.07, 6.45) is 0. The van der Waals surface area contributed by atoms with E-state index in [0.717, 1.165) is 11.1 Å². The fourth-order valence-electron chi connectivity index (χ4n) is 2.21. The van der Waals surface area contributed by atoms with Crippen LogP contribution in [0, 0.1) is 6.92 Å². The van der Waals surface area contributed by atoms with Crippen LogP contribution in [-0.4, -0.2) is 18.1 Å². The van der Waals surface area contributed by atoms with Crippen molar-refractivity contribution in [2.75, 3.05) is 7.11 Å². The van der Waals surface area contributed by atoms with Gasteiger partial charge in [-0.25, -0.2) is 9.78 Å². The van der Waals surface area contributed by atoms with E-state index >= 15 is 0 Å². The Bertz CT molecular complexity index is 843. The van der Waals surface area contributed by atoms with Crippen molar-refractivity contribution in [1.29, 1.82) is 0 Å². The van der Waals surface area contributed by atoms with Crippen LogP contribution in [0.1, 0.15) is 16.1 Å². The molecule has 1 heterocycles. The maximum Gasteiger partial charge on any atom is 0.343 e. The molecule has 0 aliphatic carbocycles. The summed E-state index contributed by atoms with van der Waals surface area (Å²) in [5, 5.41) is 0.932. The molecule has 110 valence electrons. The summed E-state index contributed by atoms with van der Waals surface area (Å²) >= 11 is 0. The standard InChI is InChI=1S/C18H15NO3/c1-12-9-10-13-5-4-8-16(17(13)19-12)22-18(20)14-6-3-7-15(11-14)21-2/h3-11H,1-2H3. The Balaban J connectivity index is 1.95. The average molecular weight is 293 g/mol. The molecule has 0 aliphatic heterocycles. The zero-order valence-corrected chi connectivity index (χ0v) is 12.4. The van der Waals surface area contributed by atoms with Gasteiger partial charge in [-0.2, -0.15) is 0 Å². The zero-order chi connectivity index (χ0) is 15.5. The van der Waals surface area contributed by atoms with Gasteiger partial charge in [0.2, 0.25) is 0 Å². The van der Waals surface area contributed by atoms with Crippen molar-refractivity contribution in [2.24, 2.45) is 0 Å². The van der Waals surface area contributed by atoms with Crippen LogP contribution in [0.5, 0.6) is 11.5 Å². The minimum atomic E-state index is -0.435. The third kappa shape index (κ3) is 2.76. The van der Waals surface area contributed by atoms with Crippen LogP contribution in [0.25, 0.3) is 10.9 Å². The Morgan fingerprint density at radius 1 is 1.05 bits per heavy atom. The summed E-state index contributed by atoms with van der Waals surface area (Å²) < 4.78 is 10.6. The molecule has 0 amide bonds. The lowest BCUT2D eigenvalue weighted by Crippen LogP contribution is -2.09. The number of aromatic nitrogens is 1. The molecule has 0 unspecified atom stereocenters. The van der Waals surface area contributed by atoms with Crippen molar-refractivity contribution < 1.29 is 14.3 Å². The van der Waals surface area contributed by atoms with Gasteiger partial charge >= 0.3 is 5.97 Å². The lowest BCUT2D eigenvalue weighted by Gasteiger charge is -2.08.